The number of carbonyl (C=O) groups excluding carboxylic acids is 2. The van der Waals surface area contributed by atoms with Crippen molar-refractivity contribution >= 4 is 19.4 Å². The first-order valence-electron chi connectivity index (χ1n) is 7.32. The highest BCUT2D eigenvalue weighted by atomic mass is 31.2. The molecule has 0 aromatic rings. The van der Waals surface area contributed by atoms with Gasteiger partial charge in [0.05, 0.1) is 5.92 Å². The molecule has 1 rings (SSSR count). The largest absolute Gasteiger partial charge is 0.428 e. The molecule has 0 aromatic carbocycles. The topological polar surface area (TPSA) is 102 Å². The molecule has 1 amide bonds. The second kappa shape index (κ2) is 9.10. The average Bonchev–Trinajstić information content (AvgIpc) is 2.47. The van der Waals surface area contributed by atoms with E-state index in [1.54, 1.807) is 0 Å². The fraction of sp³-hybridized carbons (Fsp3) is 0.846. The molecule has 2 atom stereocenters. The summed E-state index contributed by atoms with van der Waals surface area (Å²) in [6.45, 7) is 0.280. The smallest absolute Gasteiger partial charge is 0.410 e. The standard InChI is InChI=1S/C13H23FNO6P/c1-22(18,19)11(14)7-8-15-13(17)21-9-20-12(16)10-5-3-2-4-6-10/h10-11H,2-9H2,1H3,(H,15,17)(H,18,19). The Hall–Kier alpha value is -1.14. The summed E-state index contributed by atoms with van der Waals surface area (Å²) in [6, 6.07) is 0. The van der Waals surface area contributed by atoms with Gasteiger partial charge in [0.1, 0.15) is 0 Å². The van der Waals surface area contributed by atoms with Gasteiger partial charge in [0.25, 0.3) is 0 Å². The highest BCUT2D eigenvalue weighted by molar-refractivity contribution is 7.57. The summed E-state index contributed by atoms with van der Waals surface area (Å²) < 4.78 is 33.6. The monoisotopic (exact) mass is 339 g/mol. The van der Waals surface area contributed by atoms with Crippen molar-refractivity contribution in [3.05, 3.63) is 0 Å². The van der Waals surface area contributed by atoms with Gasteiger partial charge in [-0.1, -0.05) is 19.3 Å². The number of halogens is 1. The molecular weight excluding hydrogens is 316 g/mol. The summed E-state index contributed by atoms with van der Waals surface area (Å²) in [5.41, 5.74) is 0. The number of hydrogen-bond acceptors (Lipinski definition) is 5. The van der Waals surface area contributed by atoms with Crippen molar-refractivity contribution < 1.29 is 32.9 Å². The predicted molar refractivity (Wildman–Crippen MR) is 77.3 cm³/mol. The summed E-state index contributed by atoms with van der Waals surface area (Å²) >= 11 is 0. The summed E-state index contributed by atoms with van der Waals surface area (Å²) in [6.07, 6.45) is 3.54. The normalized spacial score (nSPS) is 19.8. The van der Waals surface area contributed by atoms with Crippen LogP contribution in [0, 0.1) is 5.92 Å². The Balaban J connectivity index is 2.10. The van der Waals surface area contributed by atoms with Crippen LogP contribution in [0.15, 0.2) is 0 Å². The number of alkyl halides is 1. The van der Waals surface area contributed by atoms with Gasteiger partial charge in [-0.05, 0) is 12.8 Å². The van der Waals surface area contributed by atoms with Gasteiger partial charge in [0, 0.05) is 19.6 Å². The lowest BCUT2D eigenvalue weighted by molar-refractivity contribution is -0.157. The molecule has 0 aromatic heterocycles. The van der Waals surface area contributed by atoms with Crippen LogP contribution >= 0.6 is 7.37 Å². The van der Waals surface area contributed by atoms with Crippen LogP contribution in [0.1, 0.15) is 38.5 Å². The van der Waals surface area contributed by atoms with Crippen LogP contribution in [-0.4, -0.2) is 42.9 Å². The number of esters is 1. The number of amides is 1. The van der Waals surface area contributed by atoms with Gasteiger partial charge in [-0.2, -0.15) is 0 Å². The van der Waals surface area contributed by atoms with E-state index in [1.807, 2.05) is 0 Å². The Kier molecular flexibility index (Phi) is 7.82. The molecule has 2 unspecified atom stereocenters. The van der Waals surface area contributed by atoms with Gasteiger partial charge in [0.15, 0.2) is 5.91 Å². The Morgan fingerprint density at radius 1 is 1.32 bits per heavy atom. The van der Waals surface area contributed by atoms with Crippen molar-refractivity contribution in [3.63, 3.8) is 0 Å². The van der Waals surface area contributed by atoms with E-state index in [2.05, 4.69) is 10.1 Å². The van der Waals surface area contributed by atoms with Gasteiger partial charge in [0.2, 0.25) is 14.2 Å². The van der Waals surface area contributed by atoms with E-state index in [0.29, 0.717) is 0 Å². The minimum absolute atomic E-state index is 0.129. The van der Waals surface area contributed by atoms with Crippen LogP contribution in [0.5, 0.6) is 0 Å². The van der Waals surface area contributed by atoms with Crippen LogP contribution in [0.2, 0.25) is 0 Å². The number of carbonyl (C=O) groups is 2. The second-order valence-corrected chi connectivity index (χ2v) is 7.89. The van der Waals surface area contributed by atoms with E-state index in [0.717, 1.165) is 38.8 Å². The zero-order chi connectivity index (χ0) is 16.6. The van der Waals surface area contributed by atoms with Gasteiger partial charge in [-0.25, -0.2) is 9.18 Å². The zero-order valence-electron chi connectivity index (χ0n) is 12.6. The van der Waals surface area contributed by atoms with Gasteiger partial charge in [-0.3, -0.25) is 9.36 Å². The van der Waals surface area contributed by atoms with Crippen LogP contribution in [-0.2, 0) is 18.8 Å². The van der Waals surface area contributed by atoms with Crippen molar-refractivity contribution in [3.8, 4) is 0 Å². The summed E-state index contributed by atoms with van der Waals surface area (Å²) in [7, 11) is -3.79. The summed E-state index contributed by atoms with van der Waals surface area (Å²) in [5, 5.41) is 2.21. The van der Waals surface area contributed by atoms with Gasteiger partial charge in [-0.15, -0.1) is 0 Å². The number of nitrogens with one attached hydrogen (secondary N) is 1. The maximum Gasteiger partial charge on any atom is 0.410 e. The minimum atomic E-state index is -3.79. The number of hydrogen-bond donors (Lipinski definition) is 2. The van der Waals surface area contributed by atoms with Crippen molar-refractivity contribution in [1.82, 2.24) is 5.32 Å². The lowest BCUT2D eigenvalue weighted by atomic mass is 9.89. The first-order valence-corrected chi connectivity index (χ1v) is 9.49. The Morgan fingerprint density at radius 3 is 2.55 bits per heavy atom. The zero-order valence-corrected chi connectivity index (χ0v) is 13.5. The average molecular weight is 339 g/mol. The molecule has 1 aliphatic rings. The van der Waals surface area contributed by atoms with Gasteiger partial charge >= 0.3 is 12.1 Å². The molecule has 1 fully saturated rings. The van der Waals surface area contributed by atoms with Crippen LogP contribution in [0.25, 0.3) is 0 Å². The van der Waals surface area contributed by atoms with Crippen molar-refractivity contribution in [2.75, 3.05) is 20.0 Å². The molecule has 1 aliphatic carbocycles. The molecule has 2 N–H and O–H groups in total. The Labute approximate surface area is 129 Å². The fourth-order valence-electron chi connectivity index (χ4n) is 2.18. The maximum atomic E-state index is 13.1. The molecule has 0 bridgehead atoms. The number of rotatable bonds is 7. The molecule has 0 heterocycles. The van der Waals surface area contributed by atoms with E-state index < -0.39 is 26.2 Å². The molecular formula is C13H23FNO6P. The Morgan fingerprint density at radius 2 is 1.95 bits per heavy atom. The molecule has 128 valence electrons. The van der Waals surface area contributed by atoms with E-state index >= 15 is 0 Å². The molecule has 0 spiro atoms. The van der Waals surface area contributed by atoms with E-state index in [1.165, 1.54) is 0 Å². The lowest BCUT2D eigenvalue weighted by Crippen LogP contribution is -2.29. The first kappa shape index (κ1) is 18.9. The lowest BCUT2D eigenvalue weighted by Gasteiger charge is -2.19. The van der Waals surface area contributed by atoms with Crippen molar-refractivity contribution in [2.24, 2.45) is 5.92 Å². The van der Waals surface area contributed by atoms with E-state index in [4.69, 9.17) is 9.63 Å². The van der Waals surface area contributed by atoms with Crippen molar-refractivity contribution in [1.29, 1.82) is 0 Å². The highest BCUT2D eigenvalue weighted by Crippen LogP contribution is 2.43. The number of alkyl carbamates (subject to hydrolysis) is 1. The molecule has 0 saturated heterocycles. The second-order valence-electron chi connectivity index (χ2n) is 5.44. The summed E-state index contributed by atoms with van der Waals surface area (Å²) in [4.78, 5) is 31.9. The van der Waals surface area contributed by atoms with Gasteiger partial charge < -0.3 is 19.7 Å². The third-order valence-corrected chi connectivity index (χ3v) is 4.80. The third kappa shape index (κ3) is 7.22. The third-order valence-electron chi connectivity index (χ3n) is 3.50. The van der Waals surface area contributed by atoms with Crippen LogP contribution in [0.4, 0.5) is 9.18 Å². The van der Waals surface area contributed by atoms with Crippen LogP contribution < -0.4 is 5.32 Å². The molecule has 0 aliphatic heterocycles. The quantitative estimate of drug-likeness (QED) is 0.419. The van der Waals surface area contributed by atoms with E-state index in [-0.39, 0.29) is 24.9 Å². The molecule has 7 nitrogen and oxygen atoms in total. The first-order chi connectivity index (χ1) is 10.3. The van der Waals surface area contributed by atoms with Crippen molar-refractivity contribution in [2.45, 2.75) is 44.4 Å². The molecule has 0 radical (unpaired) electrons. The Bertz CT molecular complexity index is 421. The molecule has 22 heavy (non-hydrogen) atoms. The SMILES string of the molecule is CP(=O)(O)C(F)CCNC(=O)OCOC(=O)C1CCCCC1. The maximum absolute atomic E-state index is 13.1. The minimum Gasteiger partial charge on any atom is -0.428 e. The van der Waals surface area contributed by atoms with Crippen LogP contribution in [0.3, 0.4) is 0 Å². The fourth-order valence-corrected chi connectivity index (χ4v) is 2.79. The number of ether oxygens (including phenoxy) is 2. The molecule has 1 saturated carbocycles. The highest BCUT2D eigenvalue weighted by Gasteiger charge is 2.25. The van der Waals surface area contributed by atoms with E-state index in [9.17, 15) is 18.5 Å². The molecule has 9 heteroatoms. The predicted octanol–water partition coefficient (Wildman–Crippen LogP) is 2.38. The summed E-state index contributed by atoms with van der Waals surface area (Å²) in [5.74, 6) is -2.39.